The highest BCUT2D eigenvalue weighted by molar-refractivity contribution is 7.89. The van der Waals surface area contributed by atoms with Crippen LogP contribution in [0.3, 0.4) is 0 Å². The molecule has 0 aromatic carbocycles. The molecule has 4 nitrogen and oxygen atoms in total. The number of aliphatic hydroxyl groups excluding tert-OH is 1. The Morgan fingerprint density at radius 2 is 2.22 bits per heavy atom. The normalized spacial score (nSPS) is 11.3. The lowest BCUT2D eigenvalue weighted by molar-refractivity contribution is 0.232. The van der Waals surface area contributed by atoms with Crippen LogP contribution in [0.4, 0.5) is 8.78 Å². The Morgan fingerprint density at radius 1 is 1.50 bits per heavy atom. The largest absolute Gasteiger partial charge is 0.395 e. The van der Waals surface area contributed by atoms with Crippen LogP contribution in [0, 0.1) is 11.8 Å². The van der Waals surface area contributed by atoms with Crippen LogP contribution in [0.2, 0.25) is 0 Å². The molecule has 0 unspecified atom stereocenters. The molecule has 0 spiro atoms. The number of rotatable bonds is 5. The summed E-state index contributed by atoms with van der Waals surface area (Å²) >= 11 is 1.22. The molecule has 0 aliphatic carbocycles. The van der Waals surface area contributed by atoms with Gasteiger partial charge in [0, 0.05) is 23.4 Å². The van der Waals surface area contributed by atoms with Crippen LogP contribution in [-0.4, -0.2) is 25.9 Å². The quantitative estimate of drug-likeness (QED) is 0.800. The van der Waals surface area contributed by atoms with Gasteiger partial charge in [0.05, 0.1) is 6.61 Å². The first-order chi connectivity index (χ1) is 8.47. The minimum absolute atomic E-state index is 0.0650. The molecular formula is C10H11F2NO3S2. The summed E-state index contributed by atoms with van der Waals surface area (Å²) in [6.07, 6.45) is 0.304. The third kappa shape index (κ3) is 4.34. The number of hydrogen-bond acceptors (Lipinski definition) is 4. The van der Waals surface area contributed by atoms with Gasteiger partial charge in [0.15, 0.2) is 0 Å². The summed E-state index contributed by atoms with van der Waals surface area (Å²) in [6.45, 7) is -0.280. The van der Waals surface area contributed by atoms with Crippen molar-refractivity contribution in [2.75, 3.05) is 6.61 Å². The average molecular weight is 295 g/mol. The third-order valence-electron chi connectivity index (χ3n) is 1.87. The van der Waals surface area contributed by atoms with Crippen LogP contribution >= 0.6 is 11.3 Å². The van der Waals surface area contributed by atoms with Gasteiger partial charge in [-0.05, 0) is 11.4 Å². The molecule has 0 atom stereocenters. The van der Waals surface area contributed by atoms with Crippen molar-refractivity contribution < 1.29 is 22.3 Å². The van der Waals surface area contributed by atoms with E-state index in [1.165, 1.54) is 11.3 Å². The van der Waals surface area contributed by atoms with Crippen molar-refractivity contribution in [3.05, 3.63) is 21.9 Å². The molecule has 18 heavy (non-hydrogen) atoms. The molecule has 0 saturated heterocycles. The molecule has 0 amide bonds. The van der Waals surface area contributed by atoms with Crippen LogP contribution in [-0.2, 0) is 16.6 Å². The summed E-state index contributed by atoms with van der Waals surface area (Å²) in [5, 5.41) is 10.2. The predicted octanol–water partition coefficient (Wildman–Crippen LogP) is 1.12. The van der Waals surface area contributed by atoms with E-state index in [4.69, 9.17) is 5.11 Å². The number of nitrogens with one attached hydrogen (secondary N) is 1. The Morgan fingerprint density at radius 3 is 2.83 bits per heavy atom. The number of sulfonamides is 1. The van der Waals surface area contributed by atoms with Gasteiger partial charge < -0.3 is 5.11 Å². The fourth-order valence-corrected chi connectivity index (χ4v) is 2.36. The van der Waals surface area contributed by atoms with Crippen molar-refractivity contribution in [3.8, 4) is 11.8 Å². The average Bonchev–Trinajstić information content (AvgIpc) is 2.74. The van der Waals surface area contributed by atoms with E-state index in [0.29, 0.717) is 16.9 Å². The smallest absolute Gasteiger partial charge is 0.350 e. The maximum atomic E-state index is 12.1. The van der Waals surface area contributed by atoms with E-state index >= 15 is 0 Å². The Balaban J connectivity index is 2.70. The molecule has 8 heteroatoms. The van der Waals surface area contributed by atoms with E-state index in [0.717, 1.165) is 0 Å². The second kappa shape index (κ2) is 6.80. The van der Waals surface area contributed by atoms with Crippen molar-refractivity contribution in [1.82, 2.24) is 4.72 Å². The first-order valence-corrected chi connectivity index (χ1v) is 7.32. The van der Waals surface area contributed by atoms with E-state index in [1.54, 1.807) is 11.4 Å². The number of aliphatic hydroxyl groups is 1. The van der Waals surface area contributed by atoms with Gasteiger partial charge in [-0.2, -0.15) is 8.78 Å². The predicted molar refractivity (Wildman–Crippen MR) is 64.7 cm³/mol. The Kier molecular flexibility index (Phi) is 5.68. The van der Waals surface area contributed by atoms with Gasteiger partial charge in [-0.25, -0.2) is 13.1 Å². The van der Waals surface area contributed by atoms with Crippen molar-refractivity contribution in [1.29, 1.82) is 0 Å². The molecule has 0 radical (unpaired) electrons. The lowest BCUT2D eigenvalue weighted by Gasteiger charge is -2.04. The number of alkyl halides is 2. The lowest BCUT2D eigenvalue weighted by atomic mass is 10.2. The van der Waals surface area contributed by atoms with Gasteiger partial charge in [0.1, 0.15) is 0 Å². The molecule has 1 aromatic heterocycles. The van der Waals surface area contributed by atoms with Gasteiger partial charge in [-0.3, -0.25) is 0 Å². The SMILES string of the molecule is O=S(=O)(NCc1sccc1C#CCCO)C(F)F. The molecule has 0 fully saturated rings. The van der Waals surface area contributed by atoms with Gasteiger partial charge in [0.25, 0.3) is 10.0 Å². The number of halogens is 2. The van der Waals surface area contributed by atoms with Crippen molar-refractivity contribution in [2.24, 2.45) is 0 Å². The van der Waals surface area contributed by atoms with E-state index in [9.17, 15) is 17.2 Å². The van der Waals surface area contributed by atoms with Crippen LogP contribution in [0.5, 0.6) is 0 Å². The fraction of sp³-hybridized carbons (Fsp3) is 0.400. The summed E-state index contributed by atoms with van der Waals surface area (Å²) < 4.78 is 47.7. The van der Waals surface area contributed by atoms with Crippen molar-refractivity contribution in [2.45, 2.75) is 18.7 Å². The minimum Gasteiger partial charge on any atom is -0.395 e. The molecule has 1 heterocycles. The molecule has 0 aliphatic heterocycles. The zero-order valence-corrected chi connectivity index (χ0v) is 10.8. The Hall–Kier alpha value is -1.01. The standard InChI is InChI=1S/C10H11F2NO3S2/c11-10(12)18(15,16)13-7-9-8(4-6-17-9)3-1-2-5-14/h4,6,10,13-14H,2,5,7H2. The molecule has 0 aliphatic rings. The van der Waals surface area contributed by atoms with Crippen LogP contribution in [0.1, 0.15) is 16.9 Å². The monoisotopic (exact) mass is 295 g/mol. The topological polar surface area (TPSA) is 66.4 Å². The molecule has 0 bridgehead atoms. The second-order valence-corrected chi connectivity index (χ2v) is 5.90. The minimum atomic E-state index is -4.58. The molecular weight excluding hydrogens is 284 g/mol. The van der Waals surface area contributed by atoms with E-state index < -0.39 is 15.8 Å². The first-order valence-electron chi connectivity index (χ1n) is 4.90. The van der Waals surface area contributed by atoms with E-state index in [2.05, 4.69) is 11.8 Å². The van der Waals surface area contributed by atoms with Crippen LogP contribution in [0.25, 0.3) is 0 Å². The van der Waals surface area contributed by atoms with Gasteiger partial charge in [0.2, 0.25) is 0 Å². The van der Waals surface area contributed by atoms with Crippen molar-refractivity contribution in [3.63, 3.8) is 0 Å². The molecule has 100 valence electrons. The highest BCUT2D eigenvalue weighted by atomic mass is 32.2. The summed E-state index contributed by atoms with van der Waals surface area (Å²) in [5.74, 6) is 1.97. The summed E-state index contributed by atoms with van der Waals surface area (Å²) in [6, 6.07) is 1.67. The summed E-state index contributed by atoms with van der Waals surface area (Å²) in [5.41, 5.74) is 0.574. The zero-order valence-electron chi connectivity index (χ0n) is 9.19. The van der Waals surface area contributed by atoms with Gasteiger partial charge in [-0.15, -0.1) is 11.3 Å². The highest BCUT2D eigenvalue weighted by Gasteiger charge is 2.23. The second-order valence-electron chi connectivity index (χ2n) is 3.16. The maximum absolute atomic E-state index is 12.1. The molecule has 1 aromatic rings. The summed E-state index contributed by atoms with van der Waals surface area (Å²) in [7, 11) is -4.58. The van der Waals surface area contributed by atoms with Crippen LogP contribution in [0.15, 0.2) is 11.4 Å². The first kappa shape index (κ1) is 15.0. The third-order valence-corrected chi connectivity index (χ3v) is 3.81. The van der Waals surface area contributed by atoms with E-state index in [-0.39, 0.29) is 13.2 Å². The van der Waals surface area contributed by atoms with Crippen LogP contribution < -0.4 is 4.72 Å². The zero-order chi connectivity index (χ0) is 13.6. The fourth-order valence-electron chi connectivity index (χ4n) is 1.03. The van der Waals surface area contributed by atoms with Crippen molar-refractivity contribution >= 4 is 21.4 Å². The molecule has 0 saturated carbocycles. The highest BCUT2D eigenvalue weighted by Crippen LogP contribution is 2.16. The summed E-state index contributed by atoms with van der Waals surface area (Å²) in [4.78, 5) is 0.560. The molecule has 2 N–H and O–H groups in total. The van der Waals surface area contributed by atoms with Gasteiger partial charge >= 0.3 is 5.76 Å². The number of thiophene rings is 1. The Labute approximate surface area is 108 Å². The van der Waals surface area contributed by atoms with E-state index in [1.807, 2.05) is 4.72 Å². The lowest BCUT2D eigenvalue weighted by Crippen LogP contribution is -2.28. The molecule has 1 rings (SSSR count). The van der Waals surface area contributed by atoms with Gasteiger partial charge in [-0.1, -0.05) is 11.8 Å². The maximum Gasteiger partial charge on any atom is 0.350 e. The number of hydrogen-bond donors (Lipinski definition) is 2. The Bertz CT molecular complexity index is 543.